The lowest BCUT2D eigenvalue weighted by atomic mass is 10.1. The molecule has 1 aromatic rings. The molecule has 20 heavy (non-hydrogen) atoms. The molecule has 0 aliphatic carbocycles. The van der Waals surface area contributed by atoms with E-state index in [-0.39, 0.29) is 17.1 Å². The molecule has 0 saturated heterocycles. The third kappa shape index (κ3) is 3.54. The van der Waals surface area contributed by atoms with Crippen molar-refractivity contribution in [2.75, 3.05) is 20.7 Å². The zero-order chi connectivity index (χ0) is 14.5. The molecule has 5 heteroatoms. The molecule has 108 valence electrons. The molecule has 0 fully saturated rings. The maximum Gasteiger partial charge on any atom is 0.305 e. The quantitative estimate of drug-likeness (QED) is 0.780. The van der Waals surface area contributed by atoms with Gasteiger partial charge in [0.05, 0.1) is 12.4 Å². The van der Waals surface area contributed by atoms with Crippen LogP contribution in [0, 0.1) is 0 Å². The van der Waals surface area contributed by atoms with E-state index < -0.39 is 0 Å². The van der Waals surface area contributed by atoms with Crippen molar-refractivity contribution in [3.8, 4) is 0 Å². The van der Waals surface area contributed by atoms with Crippen LogP contribution in [0.2, 0.25) is 0 Å². The van der Waals surface area contributed by atoms with Crippen molar-refractivity contribution < 1.29 is 14.3 Å². The van der Waals surface area contributed by atoms with E-state index in [1.54, 1.807) is 23.7 Å². The monoisotopic (exact) mass is 293 g/mol. The van der Waals surface area contributed by atoms with Crippen LogP contribution >= 0.6 is 11.8 Å². The summed E-state index contributed by atoms with van der Waals surface area (Å²) in [6.45, 7) is 0.585. The lowest BCUT2D eigenvalue weighted by Crippen LogP contribution is -2.35. The summed E-state index contributed by atoms with van der Waals surface area (Å²) in [6, 6.07) is 8.14. The largest absolute Gasteiger partial charge is 0.469 e. The van der Waals surface area contributed by atoms with Crippen LogP contribution in [0.5, 0.6) is 0 Å². The number of hydrogen-bond acceptors (Lipinski definition) is 4. The van der Waals surface area contributed by atoms with E-state index in [2.05, 4.69) is 16.9 Å². The molecule has 1 aliphatic heterocycles. The highest BCUT2D eigenvalue weighted by molar-refractivity contribution is 8.01. The highest BCUT2D eigenvalue weighted by atomic mass is 32.2. The highest BCUT2D eigenvalue weighted by Crippen LogP contribution is 2.37. The Kier molecular flexibility index (Phi) is 5.06. The molecule has 0 aromatic heterocycles. The van der Waals surface area contributed by atoms with Gasteiger partial charge in [0.15, 0.2) is 0 Å². The van der Waals surface area contributed by atoms with Gasteiger partial charge in [0.2, 0.25) is 5.91 Å². The molecule has 0 spiro atoms. The molecule has 1 heterocycles. The zero-order valence-electron chi connectivity index (χ0n) is 11.8. The van der Waals surface area contributed by atoms with Crippen LogP contribution < -0.4 is 0 Å². The molecule has 1 aromatic carbocycles. The Hall–Kier alpha value is -1.49. The van der Waals surface area contributed by atoms with Gasteiger partial charge in [-0.05, 0) is 24.5 Å². The second-order valence-corrected chi connectivity index (χ2v) is 6.10. The molecule has 1 atom stereocenters. The maximum atomic E-state index is 12.3. The van der Waals surface area contributed by atoms with Gasteiger partial charge in [-0.25, -0.2) is 0 Å². The molecule has 0 N–H and O–H groups in total. The number of amides is 1. The first-order valence-electron chi connectivity index (χ1n) is 6.68. The maximum absolute atomic E-state index is 12.3. The number of fused-ring (bicyclic) bond motifs is 1. The Morgan fingerprint density at radius 3 is 2.85 bits per heavy atom. The van der Waals surface area contributed by atoms with Crippen LogP contribution in [0.4, 0.5) is 0 Å². The fraction of sp³-hybridized carbons (Fsp3) is 0.467. The first-order chi connectivity index (χ1) is 9.61. The van der Waals surface area contributed by atoms with E-state index in [9.17, 15) is 9.59 Å². The average molecular weight is 293 g/mol. The van der Waals surface area contributed by atoms with Gasteiger partial charge in [-0.3, -0.25) is 9.59 Å². The van der Waals surface area contributed by atoms with Gasteiger partial charge in [0.1, 0.15) is 0 Å². The minimum absolute atomic E-state index is 0.0319. The van der Waals surface area contributed by atoms with E-state index in [4.69, 9.17) is 0 Å². The Balaban J connectivity index is 1.82. The average Bonchev–Trinajstić information content (AvgIpc) is 2.89. The summed E-state index contributed by atoms with van der Waals surface area (Å²) in [5.74, 6) is -0.0930. The van der Waals surface area contributed by atoms with Gasteiger partial charge in [0.25, 0.3) is 0 Å². The highest BCUT2D eigenvalue weighted by Gasteiger charge is 2.29. The summed E-state index contributed by atoms with van der Waals surface area (Å²) in [7, 11) is 3.17. The number of ether oxygens (including phenoxy) is 1. The van der Waals surface area contributed by atoms with Crippen LogP contribution in [-0.2, 0) is 20.7 Å². The summed E-state index contributed by atoms with van der Waals surface area (Å²) >= 11 is 1.63. The van der Waals surface area contributed by atoms with Gasteiger partial charge in [-0.2, -0.15) is 0 Å². The number of esters is 1. The second kappa shape index (κ2) is 6.79. The normalized spacial score (nSPS) is 16.6. The molecule has 0 saturated carbocycles. The Bertz CT molecular complexity index is 479. The van der Waals surface area contributed by atoms with Crippen molar-refractivity contribution >= 4 is 23.6 Å². The smallest absolute Gasteiger partial charge is 0.305 e. The minimum atomic E-state index is -0.228. The molecular formula is C15H19NO3S. The second-order valence-electron chi connectivity index (χ2n) is 4.86. The van der Waals surface area contributed by atoms with Crippen molar-refractivity contribution in [2.45, 2.75) is 29.4 Å². The number of nitrogens with zero attached hydrogens (tertiary/aromatic N) is 1. The summed E-state index contributed by atoms with van der Waals surface area (Å²) in [6.07, 6.45) is 1.78. The van der Waals surface area contributed by atoms with Crippen molar-refractivity contribution in [2.24, 2.45) is 0 Å². The SMILES string of the molecule is COC(=O)CCCN(C)C(=O)C1Cc2ccccc2S1. The summed E-state index contributed by atoms with van der Waals surface area (Å²) < 4.78 is 4.59. The molecule has 1 unspecified atom stereocenters. The molecule has 0 bridgehead atoms. The third-order valence-electron chi connectivity index (χ3n) is 3.40. The third-order valence-corrected chi connectivity index (χ3v) is 4.71. The number of rotatable bonds is 5. The molecule has 4 nitrogen and oxygen atoms in total. The lowest BCUT2D eigenvalue weighted by molar-refractivity contribution is -0.141. The van der Waals surface area contributed by atoms with E-state index in [1.807, 2.05) is 12.1 Å². The number of carbonyl (C=O) groups is 2. The summed E-state index contributed by atoms with van der Waals surface area (Å²) in [5.41, 5.74) is 1.25. The van der Waals surface area contributed by atoms with Gasteiger partial charge < -0.3 is 9.64 Å². The number of carbonyl (C=O) groups excluding carboxylic acids is 2. The van der Waals surface area contributed by atoms with Gasteiger partial charge in [-0.1, -0.05) is 18.2 Å². The van der Waals surface area contributed by atoms with Crippen molar-refractivity contribution in [3.05, 3.63) is 29.8 Å². The topological polar surface area (TPSA) is 46.6 Å². The van der Waals surface area contributed by atoms with Crippen LogP contribution in [0.3, 0.4) is 0 Å². The van der Waals surface area contributed by atoms with Crippen LogP contribution in [-0.4, -0.2) is 42.7 Å². The molecule has 1 amide bonds. The van der Waals surface area contributed by atoms with Gasteiger partial charge in [0, 0.05) is 24.9 Å². The first kappa shape index (κ1) is 14.9. The summed E-state index contributed by atoms with van der Waals surface area (Å²) in [4.78, 5) is 26.3. The molecular weight excluding hydrogens is 274 g/mol. The fourth-order valence-corrected chi connectivity index (χ4v) is 3.55. The van der Waals surface area contributed by atoms with E-state index in [1.165, 1.54) is 17.6 Å². The lowest BCUT2D eigenvalue weighted by Gasteiger charge is -2.20. The standard InChI is InChI=1S/C15H19NO3S/c1-16(9-5-8-14(17)19-2)15(18)13-10-11-6-3-4-7-12(11)20-13/h3-4,6-7,13H,5,8-10H2,1-2H3. The predicted octanol–water partition coefficient (Wildman–Crippen LogP) is 2.11. The van der Waals surface area contributed by atoms with Crippen LogP contribution in [0.15, 0.2) is 29.2 Å². The van der Waals surface area contributed by atoms with Crippen LogP contribution in [0.1, 0.15) is 18.4 Å². The van der Waals surface area contributed by atoms with E-state index in [0.29, 0.717) is 19.4 Å². The summed E-state index contributed by atoms with van der Waals surface area (Å²) in [5, 5.41) is -0.0319. The first-order valence-corrected chi connectivity index (χ1v) is 7.56. The Labute approximate surface area is 123 Å². The van der Waals surface area contributed by atoms with Crippen molar-refractivity contribution in [3.63, 3.8) is 0 Å². The van der Waals surface area contributed by atoms with Gasteiger partial charge >= 0.3 is 5.97 Å². The number of benzene rings is 1. The van der Waals surface area contributed by atoms with Gasteiger partial charge in [-0.15, -0.1) is 11.8 Å². The van der Waals surface area contributed by atoms with E-state index >= 15 is 0 Å². The number of methoxy groups -OCH3 is 1. The molecule has 1 aliphatic rings. The minimum Gasteiger partial charge on any atom is -0.469 e. The number of hydrogen-bond donors (Lipinski definition) is 0. The zero-order valence-corrected chi connectivity index (χ0v) is 12.6. The Morgan fingerprint density at radius 2 is 2.15 bits per heavy atom. The van der Waals surface area contributed by atoms with Crippen molar-refractivity contribution in [1.29, 1.82) is 0 Å². The Morgan fingerprint density at radius 1 is 1.40 bits per heavy atom. The number of thioether (sulfide) groups is 1. The van der Waals surface area contributed by atoms with E-state index in [0.717, 1.165) is 6.42 Å². The van der Waals surface area contributed by atoms with Crippen molar-refractivity contribution in [1.82, 2.24) is 4.90 Å². The fourth-order valence-electron chi connectivity index (χ4n) is 2.24. The molecule has 0 radical (unpaired) electrons. The molecule has 2 rings (SSSR count). The van der Waals surface area contributed by atoms with Crippen LogP contribution in [0.25, 0.3) is 0 Å². The predicted molar refractivity (Wildman–Crippen MR) is 78.7 cm³/mol.